The lowest BCUT2D eigenvalue weighted by Gasteiger charge is -2.23. The Bertz CT molecular complexity index is 376. The van der Waals surface area contributed by atoms with Crippen molar-refractivity contribution in [3.05, 3.63) is 22.2 Å². The zero-order chi connectivity index (χ0) is 11.5. The largest absolute Gasteiger partial charge is 0.504 e. The van der Waals surface area contributed by atoms with Crippen LogP contribution >= 0.6 is 15.9 Å². The Morgan fingerprint density at radius 2 is 1.88 bits per heavy atom. The van der Waals surface area contributed by atoms with Crippen LogP contribution in [0.2, 0.25) is 0 Å². The standard InChI is InChI=1S/C12H16BrNO2/c13-10-2-1-9(11(15)12(10)16)7-8-3-5-14-6-4-8/h1-2,8,14-16H,3-7H2. The molecule has 16 heavy (non-hydrogen) atoms. The van der Waals surface area contributed by atoms with Crippen LogP contribution in [0.4, 0.5) is 0 Å². The van der Waals surface area contributed by atoms with E-state index in [1.54, 1.807) is 6.07 Å². The molecule has 0 radical (unpaired) electrons. The van der Waals surface area contributed by atoms with Gasteiger partial charge in [0.15, 0.2) is 11.5 Å². The van der Waals surface area contributed by atoms with Gasteiger partial charge in [0.25, 0.3) is 0 Å². The predicted octanol–water partition coefficient (Wildman–Crippen LogP) is 2.40. The summed E-state index contributed by atoms with van der Waals surface area (Å²) in [4.78, 5) is 0. The molecule has 0 amide bonds. The fraction of sp³-hybridized carbons (Fsp3) is 0.500. The molecule has 0 saturated carbocycles. The van der Waals surface area contributed by atoms with Crippen LogP contribution in [0.1, 0.15) is 18.4 Å². The van der Waals surface area contributed by atoms with Gasteiger partial charge in [-0.05, 0) is 65.8 Å². The SMILES string of the molecule is Oc1c(Br)ccc(CC2CCNCC2)c1O. The van der Waals surface area contributed by atoms with Gasteiger partial charge in [0, 0.05) is 0 Å². The van der Waals surface area contributed by atoms with Gasteiger partial charge in [-0.3, -0.25) is 0 Å². The number of hydrogen-bond donors (Lipinski definition) is 3. The van der Waals surface area contributed by atoms with Crippen LogP contribution in [0, 0.1) is 5.92 Å². The van der Waals surface area contributed by atoms with Gasteiger partial charge in [-0.15, -0.1) is 0 Å². The third kappa shape index (κ3) is 2.50. The van der Waals surface area contributed by atoms with Gasteiger partial charge in [0.1, 0.15) is 0 Å². The second-order valence-electron chi connectivity index (χ2n) is 4.30. The zero-order valence-corrected chi connectivity index (χ0v) is 10.6. The molecule has 1 saturated heterocycles. The molecule has 1 fully saturated rings. The lowest BCUT2D eigenvalue weighted by molar-refractivity contribution is 0.359. The minimum atomic E-state index is -0.0496. The number of benzene rings is 1. The molecular formula is C12H16BrNO2. The van der Waals surface area contributed by atoms with E-state index < -0.39 is 0 Å². The monoisotopic (exact) mass is 285 g/mol. The third-order valence-corrected chi connectivity index (χ3v) is 3.79. The van der Waals surface area contributed by atoms with E-state index in [9.17, 15) is 10.2 Å². The predicted molar refractivity (Wildman–Crippen MR) is 66.8 cm³/mol. The Balaban J connectivity index is 2.11. The van der Waals surface area contributed by atoms with Crippen LogP contribution in [0.3, 0.4) is 0 Å². The summed E-state index contributed by atoms with van der Waals surface area (Å²) in [6.45, 7) is 2.10. The summed E-state index contributed by atoms with van der Waals surface area (Å²) < 4.78 is 0.541. The van der Waals surface area contributed by atoms with Crippen LogP contribution in [0.5, 0.6) is 11.5 Å². The van der Waals surface area contributed by atoms with Crippen LogP contribution in [0.25, 0.3) is 0 Å². The van der Waals surface area contributed by atoms with Crippen molar-refractivity contribution in [1.82, 2.24) is 5.32 Å². The molecule has 4 heteroatoms. The molecule has 1 aliphatic rings. The lowest BCUT2D eigenvalue weighted by atomic mass is 9.90. The van der Waals surface area contributed by atoms with Crippen LogP contribution in [-0.2, 0) is 6.42 Å². The Hall–Kier alpha value is -0.740. The van der Waals surface area contributed by atoms with Crippen LogP contribution < -0.4 is 5.32 Å². The Kier molecular flexibility index (Phi) is 3.71. The number of piperidine rings is 1. The zero-order valence-electron chi connectivity index (χ0n) is 9.04. The van der Waals surface area contributed by atoms with Crippen molar-refractivity contribution in [1.29, 1.82) is 0 Å². The average molecular weight is 286 g/mol. The highest BCUT2D eigenvalue weighted by atomic mass is 79.9. The van der Waals surface area contributed by atoms with E-state index in [1.807, 2.05) is 6.07 Å². The summed E-state index contributed by atoms with van der Waals surface area (Å²) in [5.41, 5.74) is 0.840. The van der Waals surface area contributed by atoms with Gasteiger partial charge in [0.2, 0.25) is 0 Å². The molecule has 1 aromatic carbocycles. The maximum absolute atomic E-state index is 9.81. The van der Waals surface area contributed by atoms with Crippen LogP contribution in [-0.4, -0.2) is 23.3 Å². The first-order valence-electron chi connectivity index (χ1n) is 5.58. The fourth-order valence-corrected chi connectivity index (χ4v) is 2.48. The molecule has 0 bridgehead atoms. The van der Waals surface area contributed by atoms with Crippen molar-refractivity contribution < 1.29 is 10.2 Å². The van der Waals surface area contributed by atoms with E-state index in [4.69, 9.17) is 0 Å². The summed E-state index contributed by atoms with van der Waals surface area (Å²) in [6, 6.07) is 3.66. The van der Waals surface area contributed by atoms with Gasteiger partial charge in [-0.1, -0.05) is 6.07 Å². The molecule has 0 spiro atoms. The quantitative estimate of drug-likeness (QED) is 0.732. The van der Waals surface area contributed by atoms with E-state index in [0.29, 0.717) is 10.4 Å². The van der Waals surface area contributed by atoms with Crippen molar-refractivity contribution in [3.8, 4) is 11.5 Å². The lowest BCUT2D eigenvalue weighted by Crippen LogP contribution is -2.28. The highest BCUT2D eigenvalue weighted by Crippen LogP contribution is 2.37. The number of phenols is 2. The Morgan fingerprint density at radius 3 is 2.56 bits per heavy atom. The minimum Gasteiger partial charge on any atom is -0.504 e. The summed E-state index contributed by atoms with van der Waals surface area (Å²) in [5, 5.41) is 22.7. The molecule has 0 atom stereocenters. The number of rotatable bonds is 2. The Morgan fingerprint density at radius 1 is 1.19 bits per heavy atom. The van der Waals surface area contributed by atoms with E-state index in [2.05, 4.69) is 21.2 Å². The maximum Gasteiger partial charge on any atom is 0.172 e. The van der Waals surface area contributed by atoms with Gasteiger partial charge >= 0.3 is 0 Å². The molecule has 3 nitrogen and oxygen atoms in total. The van der Waals surface area contributed by atoms with Gasteiger partial charge in [-0.25, -0.2) is 0 Å². The molecular weight excluding hydrogens is 270 g/mol. The maximum atomic E-state index is 9.81. The number of nitrogens with one attached hydrogen (secondary N) is 1. The summed E-state index contributed by atoms with van der Waals surface area (Å²) in [5.74, 6) is 0.576. The molecule has 0 aliphatic carbocycles. The van der Waals surface area contributed by atoms with Crippen molar-refractivity contribution in [2.24, 2.45) is 5.92 Å². The highest BCUT2D eigenvalue weighted by Gasteiger charge is 2.17. The summed E-state index contributed by atoms with van der Waals surface area (Å²) in [6.07, 6.45) is 3.11. The summed E-state index contributed by atoms with van der Waals surface area (Å²) >= 11 is 3.19. The topological polar surface area (TPSA) is 52.5 Å². The van der Waals surface area contributed by atoms with Crippen LogP contribution in [0.15, 0.2) is 16.6 Å². The van der Waals surface area contributed by atoms with Gasteiger partial charge in [0.05, 0.1) is 4.47 Å². The normalized spacial score (nSPS) is 17.6. The molecule has 2 rings (SSSR count). The highest BCUT2D eigenvalue weighted by molar-refractivity contribution is 9.10. The van der Waals surface area contributed by atoms with Crippen molar-refractivity contribution in [3.63, 3.8) is 0 Å². The number of halogens is 1. The number of phenolic OH excluding ortho intramolecular Hbond substituents is 2. The third-order valence-electron chi connectivity index (χ3n) is 3.15. The molecule has 0 aromatic heterocycles. The minimum absolute atomic E-state index is 0.0212. The second-order valence-corrected chi connectivity index (χ2v) is 5.16. The molecule has 1 heterocycles. The summed E-state index contributed by atoms with van der Waals surface area (Å²) in [7, 11) is 0. The first-order valence-corrected chi connectivity index (χ1v) is 6.38. The smallest absolute Gasteiger partial charge is 0.172 e. The molecule has 0 unspecified atom stereocenters. The van der Waals surface area contributed by atoms with E-state index in [0.717, 1.165) is 37.9 Å². The van der Waals surface area contributed by atoms with Crippen molar-refractivity contribution >= 4 is 15.9 Å². The molecule has 1 aromatic rings. The average Bonchev–Trinajstić information content (AvgIpc) is 2.31. The van der Waals surface area contributed by atoms with E-state index in [1.165, 1.54) is 0 Å². The van der Waals surface area contributed by atoms with Gasteiger partial charge in [-0.2, -0.15) is 0 Å². The number of hydrogen-bond acceptors (Lipinski definition) is 3. The first-order chi connectivity index (χ1) is 7.68. The Labute approximate surface area is 104 Å². The van der Waals surface area contributed by atoms with E-state index >= 15 is 0 Å². The van der Waals surface area contributed by atoms with E-state index in [-0.39, 0.29) is 11.5 Å². The van der Waals surface area contributed by atoms with Gasteiger partial charge < -0.3 is 15.5 Å². The fourth-order valence-electron chi connectivity index (χ4n) is 2.16. The second kappa shape index (κ2) is 5.06. The van der Waals surface area contributed by atoms with Crippen molar-refractivity contribution in [2.75, 3.05) is 13.1 Å². The molecule has 1 aliphatic heterocycles. The molecule has 3 N–H and O–H groups in total. The number of aromatic hydroxyl groups is 2. The van der Waals surface area contributed by atoms with Crippen molar-refractivity contribution in [2.45, 2.75) is 19.3 Å². The molecule has 88 valence electrons. The first kappa shape index (κ1) is 11.7.